The molecular formula is C55H39N3Si. The maximum atomic E-state index is 5.60. The monoisotopic (exact) mass is 769 g/mol. The van der Waals surface area contributed by atoms with Gasteiger partial charge in [-0.1, -0.05) is 172 Å². The first kappa shape index (κ1) is 33.9. The quantitative estimate of drug-likeness (QED) is 0.163. The van der Waals surface area contributed by atoms with Gasteiger partial charge in [-0.05, 0) is 80.3 Å². The molecule has 3 nitrogen and oxygen atoms in total. The number of nitrogens with zero attached hydrogens (tertiary/aromatic N) is 3. The lowest BCUT2D eigenvalue weighted by molar-refractivity contribution is 0.661. The average molecular weight is 770 g/mol. The molecular weight excluding hydrogens is 731 g/mol. The summed E-state index contributed by atoms with van der Waals surface area (Å²) in [7, 11) is -2.84. The van der Waals surface area contributed by atoms with Crippen LogP contribution >= 0.6 is 0 Å². The number of fused-ring (bicyclic) bond motifs is 9. The van der Waals surface area contributed by atoms with Gasteiger partial charge in [-0.3, -0.25) is 0 Å². The van der Waals surface area contributed by atoms with Crippen LogP contribution in [0.2, 0.25) is 0 Å². The largest absolute Gasteiger partial charge is 0.309 e. The van der Waals surface area contributed by atoms with Gasteiger partial charge in [0.1, 0.15) is 0 Å². The summed E-state index contributed by atoms with van der Waals surface area (Å²) in [6.07, 6.45) is 0. The number of hydrogen-bond acceptors (Lipinski definition) is 2. The molecule has 12 rings (SSSR count). The summed E-state index contributed by atoms with van der Waals surface area (Å²) in [6.45, 7) is 4.71. The highest BCUT2D eigenvalue weighted by Gasteiger charge is 2.51. The van der Waals surface area contributed by atoms with Gasteiger partial charge in [0.05, 0.1) is 22.4 Å². The topological polar surface area (TPSA) is 30.7 Å². The predicted octanol–water partition coefficient (Wildman–Crippen LogP) is 10.6. The fourth-order valence-corrected chi connectivity index (χ4v) is 15.7. The molecule has 0 N–H and O–H groups in total. The van der Waals surface area contributed by atoms with Gasteiger partial charge in [-0.25, -0.2) is 9.97 Å². The Labute approximate surface area is 345 Å². The van der Waals surface area contributed by atoms with Crippen molar-refractivity contribution in [1.82, 2.24) is 14.5 Å². The van der Waals surface area contributed by atoms with Crippen LogP contribution in [-0.4, -0.2) is 22.6 Å². The Kier molecular flexibility index (Phi) is 7.29. The van der Waals surface area contributed by atoms with E-state index < -0.39 is 8.07 Å². The Morgan fingerprint density at radius 2 is 1.03 bits per heavy atom. The van der Waals surface area contributed by atoms with E-state index >= 15 is 0 Å². The first-order valence-corrected chi connectivity index (χ1v) is 22.5. The van der Waals surface area contributed by atoms with E-state index in [4.69, 9.17) is 9.97 Å². The van der Waals surface area contributed by atoms with Crippen molar-refractivity contribution in [1.29, 1.82) is 0 Å². The van der Waals surface area contributed by atoms with E-state index in [2.05, 4.69) is 219 Å². The zero-order valence-electron chi connectivity index (χ0n) is 32.9. The molecule has 0 unspecified atom stereocenters. The van der Waals surface area contributed by atoms with E-state index in [1.807, 2.05) is 0 Å². The molecule has 2 aromatic heterocycles. The van der Waals surface area contributed by atoms with Crippen LogP contribution in [0.5, 0.6) is 0 Å². The van der Waals surface area contributed by atoms with Crippen LogP contribution in [0.4, 0.5) is 0 Å². The molecule has 1 aliphatic heterocycles. The summed E-state index contributed by atoms with van der Waals surface area (Å²) >= 11 is 0. The van der Waals surface area contributed by atoms with E-state index in [0.717, 1.165) is 34.0 Å². The van der Waals surface area contributed by atoms with E-state index in [-0.39, 0.29) is 5.41 Å². The minimum absolute atomic E-state index is 0.0906. The van der Waals surface area contributed by atoms with E-state index in [0.29, 0.717) is 0 Å². The van der Waals surface area contributed by atoms with E-state index in [9.17, 15) is 0 Å². The van der Waals surface area contributed by atoms with Gasteiger partial charge < -0.3 is 4.57 Å². The Balaban J connectivity index is 1.07. The Bertz CT molecular complexity index is 3240. The van der Waals surface area contributed by atoms with Crippen molar-refractivity contribution < 1.29 is 0 Å². The summed E-state index contributed by atoms with van der Waals surface area (Å²) < 4.78 is 2.43. The molecule has 0 spiro atoms. The first-order chi connectivity index (χ1) is 29.0. The van der Waals surface area contributed by atoms with Gasteiger partial charge in [0.15, 0.2) is 13.9 Å². The third kappa shape index (κ3) is 4.75. The van der Waals surface area contributed by atoms with Crippen molar-refractivity contribution in [3.05, 3.63) is 211 Å². The van der Waals surface area contributed by atoms with Gasteiger partial charge in [0.25, 0.3) is 0 Å². The third-order valence-electron chi connectivity index (χ3n) is 13.1. The molecule has 10 aromatic rings. The Hall–Kier alpha value is -7.14. The third-order valence-corrected chi connectivity index (χ3v) is 18.0. The summed E-state index contributed by atoms with van der Waals surface area (Å²) in [5.74, 6) is 0.731. The lowest BCUT2D eigenvalue weighted by Crippen LogP contribution is -2.73. The number of benzene rings is 8. The molecule has 59 heavy (non-hydrogen) atoms. The van der Waals surface area contributed by atoms with Crippen LogP contribution in [-0.2, 0) is 5.41 Å². The highest BCUT2D eigenvalue weighted by molar-refractivity contribution is 7.22. The number of para-hydroxylation sites is 1. The van der Waals surface area contributed by atoms with Crippen molar-refractivity contribution in [2.45, 2.75) is 19.3 Å². The Morgan fingerprint density at radius 1 is 0.441 bits per heavy atom. The first-order valence-electron chi connectivity index (χ1n) is 20.5. The smallest absolute Gasteiger partial charge is 0.185 e. The molecule has 0 amide bonds. The number of rotatable bonds is 5. The van der Waals surface area contributed by atoms with Crippen molar-refractivity contribution in [3.8, 4) is 50.7 Å². The normalized spacial score (nSPS) is 14.2. The molecule has 0 radical (unpaired) electrons. The lowest BCUT2D eigenvalue weighted by Gasteiger charge is -2.32. The van der Waals surface area contributed by atoms with Gasteiger partial charge in [0.2, 0.25) is 0 Å². The summed E-state index contributed by atoms with van der Waals surface area (Å²) in [5.41, 5.74) is 14.2. The fraction of sp³-hybridized carbons (Fsp3) is 0.0545. The maximum Gasteiger partial charge on any atom is 0.185 e. The second-order valence-electron chi connectivity index (χ2n) is 16.5. The molecule has 3 heterocycles. The van der Waals surface area contributed by atoms with Crippen molar-refractivity contribution >= 4 is 50.6 Å². The number of aromatic nitrogens is 3. The molecule has 1 aliphatic carbocycles. The van der Waals surface area contributed by atoms with Crippen LogP contribution in [0.1, 0.15) is 25.0 Å². The maximum absolute atomic E-state index is 5.60. The van der Waals surface area contributed by atoms with E-state index in [1.54, 1.807) is 0 Å². The molecule has 4 heteroatoms. The van der Waals surface area contributed by atoms with Gasteiger partial charge in [0, 0.05) is 43.8 Å². The highest BCUT2D eigenvalue weighted by atomic mass is 28.3. The van der Waals surface area contributed by atoms with Crippen LogP contribution in [0.25, 0.3) is 72.5 Å². The van der Waals surface area contributed by atoms with Gasteiger partial charge in [-0.2, -0.15) is 0 Å². The predicted molar refractivity (Wildman–Crippen MR) is 247 cm³/mol. The molecule has 0 saturated heterocycles. The summed E-state index contributed by atoms with van der Waals surface area (Å²) in [5, 5.41) is 7.81. The van der Waals surface area contributed by atoms with Crippen molar-refractivity contribution in [3.63, 3.8) is 0 Å². The second-order valence-corrected chi connectivity index (χ2v) is 20.2. The second kappa shape index (κ2) is 12.7. The minimum atomic E-state index is -2.84. The molecule has 0 fully saturated rings. The highest BCUT2D eigenvalue weighted by Crippen LogP contribution is 2.51. The Morgan fingerprint density at radius 3 is 1.76 bits per heavy atom. The van der Waals surface area contributed by atoms with Crippen LogP contribution in [0, 0.1) is 0 Å². The van der Waals surface area contributed by atoms with Crippen LogP contribution in [0.3, 0.4) is 0 Å². The summed E-state index contributed by atoms with van der Waals surface area (Å²) in [4.78, 5) is 11.2. The SMILES string of the molecule is CC1(C)c2ccccc2-c2cc3c4ccccc4n(-c4ccc(-c5nc(-c6ccccc6)c6c(n5)-c5ccccc5[Si]6(c5ccccc5)c5ccccc5)cc4)c3cc21. The molecule has 2 aliphatic rings. The van der Waals surface area contributed by atoms with Crippen LogP contribution < -0.4 is 20.7 Å². The van der Waals surface area contributed by atoms with Gasteiger partial charge >= 0.3 is 0 Å². The summed E-state index contributed by atoms with van der Waals surface area (Å²) in [6, 6.07) is 73.4. The van der Waals surface area contributed by atoms with Gasteiger partial charge in [-0.15, -0.1) is 0 Å². The molecule has 8 aromatic carbocycles. The van der Waals surface area contributed by atoms with Crippen LogP contribution in [0.15, 0.2) is 200 Å². The molecule has 0 atom stereocenters. The molecule has 0 bridgehead atoms. The standard InChI is InChI=1S/C55H39N3Si/c1-55(2)46-27-15-12-24-41(46)44-34-45-42-25-13-16-28-48(42)58(49(45)35-47(44)55)38-32-30-37(31-33-38)54-56-51(36-18-6-3-7-19-36)53-52(57-54)43-26-14-17-29-50(43)59(53,39-20-8-4-9-21-39)40-22-10-5-11-23-40/h3-35H,1-2H3. The zero-order valence-corrected chi connectivity index (χ0v) is 33.9. The lowest BCUT2D eigenvalue weighted by atomic mass is 9.82. The average Bonchev–Trinajstić information content (AvgIpc) is 3.87. The molecule has 0 saturated carbocycles. The van der Waals surface area contributed by atoms with E-state index in [1.165, 1.54) is 70.4 Å². The van der Waals surface area contributed by atoms with Crippen molar-refractivity contribution in [2.75, 3.05) is 0 Å². The fourth-order valence-electron chi connectivity index (χ4n) is 10.4. The zero-order chi connectivity index (χ0) is 39.3. The molecule has 278 valence electrons. The number of hydrogen-bond donors (Lipinski definition) is 0. The van der Waals surface area contributed by atoms with Crippen molar-refractivity contribution in [2.24, 2.45) is 0 Å². The minimum Gasteiger partial charge on any atom is -0.309 e.